The summed E-state index contributed by atoms with van der Waals surface area (Å²) in [5.41, 5.74) is 0.482. The van der Waals surface area contributed by atoms with Crippen molar-refractivity contribution in [3.63, 3.8) is 0 Å². The van der Waals surface area contributed by atoms with Crippen LogP contribution < -0.4 is 5.32 Å². The Morgan fingerprint density at radius 2 is 1.85 bits per heavy atom. The summed E-state index contributed by atoms with van der Waals surface area (Å²) in [5.74, 6) is -0.803. The first-order valence-corrected chi connectivity index (χ1v) is 7.89. The van der Waals surface area contributed by atoms with Crippen molar-refractivity contribution in [2.75, 3.05) is 6.54 Å². The Morgan fingerprint density at radius 3 is 2.50 bits per heavy atom. The van der Waals surface area contributed by atoms with E-state index in [4.69, 9.17) is 0 Å². The third-order valence-corrected chi connectivity index (χ3v) is 4.35. The second-order valence-corrected chi connectivity index (χ2v) is 5.85. The largest absolute Gasteiger partial charge is 0.310 e. The molecular formula is C17H25F2N. The Morgan fingerprint density at radius 1 is 1.15 bits per heavy atom. The van der Waals surface area contributed by atoms with Crippen LogP contribution in [-0.2, 0) is 0 Å². The second kappa shape index (κ2) is 7.72. The molecule has 1 unspecified atom stereocenters. The maximum atomic E-state index is 14.0. The van der Waals surface area contributed by atoms with Gasteiger partial charge in [0.1, 0.15) is 0 Å². The lowest BCUT2D eigenvalue weighted by atomic mass is 9.89. The van der Waals surface area contributed by atoms with Gasteiger partial charge < -0.3 is 5.32 Å². The minimum atomic E-state index is -0.744. The van der Waals surface area contributed by atoms with E-state index in [-0.39, 0.29) is 6.04 Å². The van der Waals surface area contributed by atoms with E-state index in [1.807, 2.05) is 6.92 Å². The highest BCUT2D eigenvalue weighted by atomic mass is 19.2. The van der Waals surface area contributed by atoms with Gasteiger partial charge in [-0.3, -0.25) is 0 Å². The van der Waals surface area contributed by atoms with E-state index in [0.29, 0.717) is 11.5 Å². The maximum absolute atomic E-state index is 14.0. The molecule has 1 nitrogen and oxygen atoms in total. The molecule has 112 valence electrons. The third kappa shape index (κ3) is 4.02. The molecule has 20 heavy (non-hydrogen) atoms. The molecule has 1 aliphatic rings. The Kier molecular flexibility index (Phi) is 5.96. The van der Waals surface area contributed by atoms with E-state index in [1.54, 1.807) is 12.1 Å². The van der Waals surface area contributed by atoms with Gasteiger partial charge in [-0.05, 0) is 24.9 Å². The molecular weight excluding hydrogens is 256 g/mol. The molecule has 0 spiro atoms. The van der Waals surface area contributed by atoms with Crippen LogP contribution in [0.3, 0.4) is 0 Å². The van der Waals surface area contributed by atoms with Gasteiger partial charge in [0, 0.05) is 11.6 Å². The summed E-state index contributed by atoms with van der Waals surface area (Å²) in [6.45, 7) is 2.78. The molecule has 0 saturated heterocycles. The molecule has 0 aliphatic heterocycles. The number of nitrogens with one attached hydrogen (secondary N) is 1. The van der Waals surface area contributed by atoms with E-state index in [0.717, 1.165) is 13.0 Å². The molecule has 0 bridgehead atoms. The quantitative estimate of drug-likeness (QED) is 0.751. The Bertz CT molecular complexity index is 411. The normalized spacial score (nSPS) is 18.8. The lowest BCUT2D eigenvalue weighted by Gasteiger charge is -2.24. The number of benzene rings is 1. The number of hydrogen-bond donors (Lipinski definition) is 1. The van der Waals surface area contributed by atoms with Crippen molar-refractivity contribution in [1.82, 2.24) is 5.32 Å². The fraction of sp³-hybridized carbons (Fsp3) is 0.647. The molecule has 1 aliphatic carbocycles. The second-order valence-electron chi connectivity index (χ2n) is 5.85. The summed E-state index contributed by atoms with van der Waals surface area (Å²) in [6, 6.07) is 4.43. The van der Waals surface area contributed by atoms with Crippen LogP contribution in [0.25, 0.3) is 0 Å². The molecule has 1 fully saturated rings. The predicted molar refractivity (Wildman–Crippen MR) is 78.6 cm³/mol. The van der Waals surface area contributed by atoms with Gasteiger partial charge in [-0.1, -0.05) is 57.6 Å². The van der Waals surface area contributed by atoms with Crippen molar-refractivity contribution in [3.8, 4) is 0 Å². The lowest BCUT2D eigenvalue weighted by molar-refractivity contribution is 0.350. The average Bonchev–Trinajstić information content (AvgIpc) is 2.70. The molecule has 2 rings (SSSR count). The van der Waals surface area contributed by atoms with Crippen molar-refractivity contribution in [3.05, 3.63) is 35.4 Å². The molecule has 1 saturated carbocycles. The van der Waals surface area contributed by atoms with Crippen LogP contribution in [0.15, 0.2) is 18.2 Å². The fourth-order valence-electron chi connectivity index (χ4n) is 3.29. The van der Waals surface area contributed by atoms with Crippen LogP contribution in [0.5, 0.6) is 0 Å². The van der Waals surface area contributed by atoms with Crippen LogP contribution >= 0.6 is 0 Å². The lowest BCUT2D eigenvalue weighted by Crippen LogP contribution is -2.24. The van der Waals surface area contributed by atoms with Crippen LogP contribution in [0.1, 0.15) is 63.5 Å². The van der Waals surface area contributed by atoms with Crippen LogP contribution in [0.2, 0.25) is 0 Å². The Balaban J connectivity index is 2.11. The van der Waals surface area contributed by atoms with E-state index in [1.165, 1.54) is 44.6 Å². The zero-order valence-corrected chi connectivity index (χ0v) is 12.3. The van der Waals surface area contributed by atoms with Gasteiger partial charge in [0.05, 0.1) is 0 Å². The zero-order chi connectivity index (χ0) is 14.4. The minimum absolute atomic E-state index is 0.0706. The number of hydrogen-bond acceptors (Lipinski definition) is 1. The topological polar surface area (TPSA) is 12.0 Å². The molecule has 0 heterocycles. The standard InChI is InChI=1S/C17H25F2N/c1-2-20-16(12-13-8-5-3-4-6-9-13)14-10-7-11-15(18)17(14)19/h7,10-11,13,16,20H,2-6,8-9,12H2,1H3. The van der Waals surface area contributed by atoms with Crippen LogP contribution in [0, 0.1) is 17.6 Å². The molecule has 1 N–H and O–H groups in total. The van der Waals surface area contributed by atoms with Gasteiger partial charge in [0.2, 0.25) is 0 Å². The van der Waals surface area contributed by atoms with Crippen LogP contribution in [-0.4, -0.2) is 6.54 Å². The highest BCUT2D eigenvalue weighted by Gasteiger charge is 2.22. The molecule has 0 radical (unpaired) electrons. The van der Waals surface area contributed by atoms with Crippen molar-refractivity contribution < 1.29 is 8.78 Å². The van der Waals surface area contributed by atoms with Crippen molar-refractivity contribution in [2.45, 2.75) is 57.9 Å². The summed E-state index contributed by atoms with van der Waals surface area (Å²) in [4.78, 5) is 0. The summed E-state index contributed by atoms with van der Waals surface area (Å²) in [5, 5.41) is 3.33. The Hall–Kier alpha value is -0.960. The molecule has 3 heteroatoms. The highest BCUT2D eigenvalue weighted by Crippen LogP contribution is 2.32. The smallest absolute Gasteiger partial charge is 0.163 e. The summed E-state index contributed by atoms with van der Waals surface area (Å²) < 4.78 is 27.4. The molecule has 1 aromatic rings. The summed E-state index contributed by atoms with van der Waals surface area (Å²) in [7, 11) is 0. The predicted octanol–water partition coefficient (Wildman–Crippen LogP) is 4.98. The van der Waals surface area contributed by atoms with Crippen molar-refractivity contribution >= 4 is 0 Å². The molecule has 0 amide bonds. The van der Waals surface area contributed by atoms with Gasteiger partial charge in [0.15, 0.2) is 11.6 Å². The van der Waals surface area contributed by atoms with E-state index in [2.05, 4.69) is 5.32 Å². The zero-order valence-electron chi connectivity index (χ0n) is 12.3. The molecule has 0 aromatic heterocycles. The molecule has 1 aromatic carbocycles. The van der Waals surface area contributed by atoms with Crippen LogP contribution in [0.4, 0.5) is 8.78 Å². The number of rotatable bonds is 5. The van der Waals surface area contributed by atoms with Gasteiger partial charge in [0.25, 0.3) is 0 Å². The van der Waals surface area contributed by atoms with E-state index >= 15 is 0 Å². The maximum Gasteiger partial charge on any atom is 0.163 e. The van der Waals surface area contributed by atoms with Crippen molar-refractivity contribution in [2.24, 2.45) is 5.92 Å². The summed E-state index contributed by atoms with van der Waals surface area (Å²) in [6.07, 6.45) is 8.53. The van der Waals surface area contributed by atoms with Gasteiger partial charge in [-0.25, -0.2) is 8.78 Å². The third-order valence-electron chi connectivity index (χ3n) is 4.35. The average molecular weight is 281 g/mol. The van der Waals surface area contributed by atoms with Crippen molar-refractivity contribution in [1.29, 1.82) is 0 Å². The highest BCUT2D eigenvalue weighted by molar-refractivity contribution is 5.22. The first kappa shape index (κ1) is 15.4. The monoisotopic (exact) mass is 281 g/mol. The fourth-order valence-corrected chi connectivity index (χ4v) is 3.29. The SMILES string of the molecule is CCNC(CC1CCCCCC1)c1cccc(F)c1F. The first-order chi connectivity index (χ1) is 9.72. The number of halogens is 2. The van der Waals surface area contributed by atoms with Gasteiger partial charge in [-0.15, -0.1) is 0 Å². The van der Waals surface area contributed by atoms with Gasteiger partial charge >= 0.3 is 0 Å². The Labute approximate surface area is 120 Å². The van der Waals surface area contributed by atoms with E-state index in [9.17, 15) is 8.78 Å². The molecule has 1 atom stereocenters. The summed E-state index contributed by atoms with van der Waals surface area (Å²) >= 11 is 0. The minimum Gasteiger partial charge on any atom is -0.310 e. The van der Waals surface area contributed by atoms with E-state index < -0.39 is 11.6 Å². The first-order valence-electron chi connectivity index (χ1n) is 7.89. The van der Waals surface area contributed by atoms with Gasteiger partial charge in [-0.2, -0.15) is 0 Å².